The van der Waals surface area contributed by atoms with Crippen LogP contribution >= 0.6 is 12.4 Å². The summed E-state index contributed by atoms with van der Waals surface area (Å²) in [6, 6.07) is 2.78. The molecule has 2 rings (SSSR count). The lowest BCUT2D eigenvalue weighted by Gasteiger charge is -2.30. The van der Waals surface area contributed by atoms with Gasteiger partial charge >= 0.3 is 5.69 Å². The second-order valence-corrected chi connectivity index (χ2v) is 6.41. The highest BCUT2D eigenvalue weighted by Crippen LogP contribution is 2.26. The molecule has 8 nitrogen and oxygen atoms in total. The summed E-state index contributed by atoms with van der Waals surface area (Å²) in [7, 11) is -2.08. The molecule has 1 aliphatic heterocycles. The molecule has 1 aromatic rings. The molecule has 2 heterocycles. The predicted octanol–water partition coefficient (Wildman–Crippen LogP) is 0.784. The van der Waals surface area contributed by atoms with Gasteiger partial charge in [-0.05, 0) is 26.0 Å². The van der Waals surface area contributed by atoms with E-state index in [1.54, 1.807) is 0 Å². The molecule has 118 valence electrons. The lowest BCUT2D eigenvalue weighted by molar-refractivity contribution is -0.388. The first kappa shape index (κ1) is 17.8. The van der Waals surface area contributed by atoms with Crippen LogP contribution in [0.1, 0.15) is 12.8 Å². The van der Waals surface area contributed by atoms with E-state index in [0.717, 1.165) is 6.07 Å². The molecular weight excluding hydrogens is 320 g/mol. The first-order chi connectivity index (χ1) is 9.46. The zero-order chi connectivity index (χ0) is 14.8. The SMILES string of the molecule is CNC1CCN(S(=O)(=O)c2ncccc2[N+](=O)[O-])CC1.Cl. The van der Waals surface area contributed by atoms with Crippen molar-refractivity contribution in [1.29, 1.82) is 0 Å². The van der Waals surface area contributed by atoms with E-state index >= 15 is 0 Å². The Morgan fingerprint density at radius 1 is 1.43 bits per heavy atom. The highest BCUT2D eigenvalue weighted by molar-refractivity contribution is 7.89. The number of rotatable bonds is 4. The Kier molecular flexibility index (Phi) is 6.02. The average molecular weight is 337 g/mol. The molecule has 1 fully saturated rings. The average Bonchev–Trinajstić information content (AvgIpc) is 2.47. The van der Waals surface area contributed by atoms with Gasteiger partial charge in [-0.2, -0.15) is 4.31 Å². The number of nitrogens with one attached hydrogen (secondary N) is 1. The monoisotopic (exact) mass is 336 g/mol. The van der Waals surface area contributed by atoms with Crippen LogP contribution in [-0.2, 0) is 10.0 Å². The van der Waals surface area contributed by atoms with Crippen LogP contribution < -0.4 is 5.32 Å². The van der Waals surface area contributed by atoms with Crippen molar-refractivity contribution in [2.45, 2.75) is 23.9 Å². The van der Waals surface area contributed by atoms with Crippen LogP contribution in [0.3, 0.4) is 0 Å². The molecule has 0 spiro atoms. The Bertz CT molecular complexity index is 602. The molecule has 1 saturated heterocycles. The van der Waals surface area contributed by atoms with Crippen molar-refractivity contribution in [1.82, 2.24) is 14.6 Å². The van der Waals surface area contributed by atoms with E-state index in [1.165, 1.54) is 16.6 Å². The van der Waals surface area contributed by atoms with Gasteiger partial charge in [-0.1, -0.05) is 0 Å². The largest absolute Gasteiger partial charge is 0.317 e. The number of nitrogens with zero attached hydrogens (tertiary/aromatic N) is 3. The van der Waals surface area contributed by atoms with Crippen molar-refractivity contribution < 1.29 is 13.3 Å². The van der Waals surface area contributed by atoms with E-state index in [2.05, 4.69) is 10.3 Å². The van der Waals surface area contributed by atoms with Crippen molar-refractivity contribution in [3.05, 3.63) is 28.4 Å². The van der Waals surface area contributed by atoms with E-state index in [9.17, 15) is 18.5 Å². The van der Waals surface area contributed by atoms with Gasteiger partial charge in [0, 0.05) is 31.4 Å². The molecule has 0 radical (unpaired) electrons. The van der Waals surface area contributed by atoms with Crippen molar-refractivity contribution in [3.63, 3.8) is 0 Å². The molecule has 21 heavy (non-hydrogen) atoms. The van der Waals surface area contributed by atoms with Crippen LogP contribution in [0.4, 0.5) is 5.69 Å². The quantitative estimate of drug-likeness (QED) is 0.643. The van der Waals surface area contributed by atoms with Gasteiger partial charge in [0.15, 0.2) is 0 Å². The first-order valence-corrected chi connectivity index (χ1v) is 7.67. The number of halogens is 1. The smallest absolute Gasteiger partial charge is 0.308 e. The fraction of sp³-hybridized carbons (Fsp3) is 0.545. The fourth-order valence-electron chi connectivity index (χ4n) is 2.23. The molecular formula is C11H17ClN4O4S. The topological polar surface area (TPSA) is 105 Å². The maximum absolute atomic E-state index is 12.4. The molecule has 1 aliphatic rings. The number of nitro groups is 1. The van der Waals surface area contributed by atoms with Crippen LogP contribution in [0, 0.1) is 10.1 Å². The van der Waals surface area contributed by atoms with Gasteiger partial charge in [0.1, 0.15) is 0 Å². The molecule has 0 aromatic carbocycles. The van der Waals surface area contributed by atoms with E-state index in [-0.39, 0.29) is 18.4 Å². The summed E-state index contributed by atoms with van der Waals surface area (Å²) < 4.78 is 26.2. The van der Waals surface area contributed by atoms with Crippen LogP contribution in [-0.4, -0.2) is 48.8 Å². The highest BCUT2D eigenvalue weighted by atomic mass is 35.5. The predicted molar refractivity (Wildman–Crippen MR) is 79.0 cm³/mol. The maximum Gasteiger partial charge on any atom is 0.308 e. The normalized spacial score (nSPS) is 17.2. The Morgan fingerprint density at radius 3 is 2.57 bits per heavy atom. The molecule has 0 bridgehead atoms. The minimum atomic E-state index is -3.92. The summed E-state index contributed by atoms with van der Waals surface area (Å²) in [4.78, 5) is 13.9. The summed E-state index contributed by atoms with van der Waals surface area (Å²) in [6.45, 7) is 0.670. The fourth-order valence-corrected chi connectivity index (χ4v) is 3.76. The summed E-state index contributed by atoms with van der Waals surface area (Å²) in [5.41, 5.74) is -0.483. The second-order valence-electron chi connectivity index (χ2n) is 4.55. The van der Waals surface area contributed by atoms with Crippen LogP contribution in [0.2, 0.25) is 0 Å². The molecule has 0 atom stereocenters. The Labute approximate surface area is 129 Å². The zero-order valence-electron chi connectivity index (χ0n) is 11.4. The third kappa shape index (κ3) is 3.67. The van der Waals surface area contributed by atoms with Crippen molar-refractivity contribution in [2.75, 3.05) is 20.1 Å². The molecule has 1 aromatic heterocycles. The number of piperidine rings is 1. The maximum atomic E-state index is 12.4. The van der Waals surface area contributed by atoms with Gasteiger partial charge < -0.3 is 5.32 Å². The Morgan fingerprint density at radius 2 is 2.05 bits per heavy atom. The highest BCUT2D eigenvalue weighted by Gasteiger charge is 2.35. The van der Waals surface area contributed by atoms with Crippen molar-refractivity contribution in [2.24, 2.45) is 0 Å². The summed E-state index contributed by atoms with van der Waals surface area (Å²) in [5.74, 6) is 0. The third-order valence-electron chi connectivity index (χ3n) is 3.39. The minimum Gasteiger partial charge on any atom is -0.317 e. The number of sulfonamides is 1. The summed E-state index contributed by atoms with van der Waals surface area (Å²) in [6.07, 6.45) is 2.60. The minimum absolute atomic E-state index is 0. The first-order valence-electron chi connectivity index (χ1n) is 6.23. The van der Waals surface area contributed by atoms with Crippen LogP contribution in [0.15, 0.2) is 23.4 Å². The van der Waals surface area contributed by atoms with Gasteiger partial charge in [-0.25, -0.2) is 13.4 Å². The molecule has 0 unspecified atom stereocenters. The third-order valence-corrected chi connectivity index (χ3v) is 5.24. The number of hydrogen-bond donors (Lipinski definition) is 1. The molecule has 10 heteroatoms. The van der Waals surface area contributed by atoms with E-state index < -0.39 is 25.7 Å². The van der Waals surface area contributed by atoms with Gasteiger partial charge in [0.25, 0.3) is 10.0 Å². The van der Waals surface area contributed by atoms with Crippen LogP contribution in [0.25, 0.3) is 0 Å². The molecule has 0 amide bonds. The van der Waals surface area contributed by atoms with Gasteiger partial charge in [-0.3, -0.25) is 10.1 Å². The lowest BCUT2D eigenvalue weighted by atomic mass is 10.1. The van der Waals surface area contributed by atoms with E-state index in [0.29, 0.717) is 25.9 Å². The van der Waals surface area contributed by atoms with Gasteiger partial charge in [-0.15, -0.1) is 12.4 Å². The van der Waals surface area contributed by atoms with E-state index in [1.807, 2.05) is 7.05 Å². The van der Waals surface area contributed by atoms with Crippen molar-refractivity contribution in [3.8, 4) is 0 Å². The lowest BCUT2D eigenvalue weighted by Crippen LogP contribution is -2.44. The van der Waals surface area contributed by atoms with Crippen molar-refractivity contribution >= 4 is 28.1 Å². The molecule has 1 N–H and O–H groups in total. The zero-order valence-corrected chi connectivity index (χ0v) is 13.1. The molecule has 0 aliphatic carbocycles. The standard InChI is InChI=1S/C11H16N4O4S.ClH/c1-12-9-4-7-14(8-5-9)20(18,19)11-10(15(16)17)3-2-6-13-11;/h2-3,6,9,12H,4-5,7-8H2,1H3;1H. The van der Waals surface area contributed by atoms with Crippen LogP contribution in [0.5, 0.6) is 0 Å². The van der Waals surface area contributed by atoms with E-state index in [4.69, 9.17) is 0 Å². The van der Waals surface area contributed by atoms with Gasteiger partial charge in [0.2, 0.25) is 5.03 Å². The Hall–Kier alpha value is -1.29. The summed E-state index contributed by atoms with van der Waals surface area (Å²) in [5, 5.41) is 13.5. The van der Waals surface area contributed by atoms with Gasteiger partial charge in [0.05, 0.1) is 4.92 Å². The number of hydrogen-bond acceptors (Lipinski definition) is 6. The second kappa shape index (κ2) is 7.12. The number of pyridine rings is 1. The molecule has 0 saturated carbocycles. The Balaban J connectivity index is 0.00000220. The number of aromatic nitrogens is 1. The summed E-state index contributed by atoms with van der Waals surface area (Å²) >= 11 is 0.